The average molecular weight is 436 g/mol. The lowest BCUT2D eigenvalue weighted by Gasteiger charge is -2.31. The maximum Gasteiger partial charge on any atom is 0.194 e. The molecule has 0 aromatic heterocycles. The van der Waals surface area contributed by atoms with Gasteiger partial charge in [-0.05, 0) is 66.5 Å². The van der Waals surface area contributed by atoms with Gasteiger partial charge in [-0.25, -0.2) is 9.40 Å². The van der Waals surface area contributed by atoms with Crippen molar-refractivity contribution in [1.29, 1.82) is 0 Å². The number of nitrogens with zero attached hydrogens (tertiary/aromatic N) is 2. The SMILES string of the molecule is Fc1ccc(NC(=S)N2N=C3c4ccccc4CCC3C2c2ccccc2Cl)cc1. The molecule has 0 spiro atoms. The molecule has 0 fully saturated rings. The highest BCUT2D eigenvalue weighted by atomic mass is 35.5. The van der Waals surface area contributed by atoms with Gasteiger partial charge in [-0.2, -0.15) is 5.10 Å². The van der Waals surface area contributed by atoms with Gasteiger partial charge in [0.15, 0.2) is 5.11 Å². The molecule has 1 aliphatic carbocycles. The Morgan fingerprint density at radius 2 is 1.77 bits per heavy atom. The van der Waals surface area contributed by atoms with Gasteiger partial charge in [0, 0.05) is 22.2 Å². The molecule has 0 amide bonds. The topological polar surface area (TPSA) is 27.6 Å². The molecule has 30 heavy (non-hydrogen) atoms. The summed E-state index contributed by atoms with van der Waals surface area (Å²) in [6.07, 6.45) is 1.97. The second kappa shape index (κ2) is 7.82. The minimum atomic E-state index is -0.288. The molecule has 2 unspecified atom stereocenters. The van der Waals surface area contributed by atoms with E-state index >= 15 is 0 Å². The zero-order valence-electron chi connectivity index (χ0n) is 16.1. The number of thiocarbonyl (C=S) groups is 1. The van der Waals surface area contributed by atoms with Crippen molar-refractivity contribution in [2.45, 2.75) is 18.9 Å². The Hall–Kier alpha value is -2.76. The van der Waals surface area contributed by atoms with Gasteiger partial charge in [0.25, 0.3) is 0 Å². The third kappa shape index (κ3) is 3.38. The summed E-state index contributed by atoms with van der Waals surface area (Å²) in [5.74, 6) is -0.0998. The summed E-state index contributed by atoms with van der Waals surface area (Å²) in [5, 5.41) is 11.2. The molecular weight excluding hydrogens is 417 g/mol. The second-order valence-corrected chi connectivity index (χ2v) is 8.33. The Kier molecular flexibility index (Phi) is 5.01. The largest absolute Gasteiger partial charge is 0.331 e. The van der Waals surface area contributed by atoms with Crippen molar-refractivity contribution < 1.29 is 4.39 Å². The number of rotatable bonds is 2. The van der Waals surface area contributed by atoms with E-state index in [0.717, 1.165) is 29.8 Å². The van der Waals surface area contributed by atoms with Gasteiger partial charge in [0.05, 0.1) is 11.8 Å². The van der Waals surface area contributed by atoms with Crippen LogP contribution >= 0.6 is 23.8 Å². The van der Waals surface area contributed by atoms with Crippen LogP contribution in [0.3, 0.4) is 0 Å². The van der Waals surface area contributed by atoms with Gasteiger partial charge < -0.3 is 5.32 Å². The van der Waals surface area contributed by atoms with E-state index in [1.165, 1.54) is 23.3 Å². The smallest absolute Gasteiger partial charge is 0.194 e. The number of hydrazone groups is 1. The van der Waals surface area contributed by atoms with Crippen LogP contribution in [0, 0.1) is 11.7 Å². The number of aryl methyl sites for hydroxylation is 1. The average Bonchev–Trinajstić information content (AvgIpc) is 3.16. The zero-order chi connectivity index (χ0) is 20.7. The molecule has 1 heterocycles. The number of hydrogen-bond acceptors (Lipinski definition) is 2. The van der Waals surface area contributed by atoms with Crippen LogP contribution in [0.1, 0.15) is 29.2 Å². The van der Waals surface area contributed by atoms with Crippen LogP contribution in [-0.4, -0.2) is 15.8 Å². The minimum Gasteiger partial charge on any atom is -0.331 e. The van der Waals surface area contributed by atoms with Crippen molar-refractivity contribution in [3.63, 3.8) is 0 Å². The molecule has 150 valence electrons. The summed E-state index contributed by atoms with van der Waals surface area (Å²) >= 11 is 12.3. The maximum atomic E-state index is 13.3. The molecule has 2 aliphatic rings. The predicted octanol–water partition coefficient (Wildman–Crippen LogP) is 6.20. The van der Waals surface area contributed by atoms with Crippen molar-refractivity contribution in [2.24, 2.45) is 11.0 Å². The summed E-state index contributed by atoms with van der Waals surface area (Å²) in [6.45, 7) is 0. The van der Waals surface area contributed by atoms with Crippen LogP contribution in [-0.2, 0) is 6.42 Å². The van der Waals surface area contributed by atoms with Crippen molar-refractivity contribution >= 4 is 40.3 Å². The number of benzene rings is 3. The lowest BCUT2D eigenvalue weighted by Crippen LogP contribution is -2.34. The van der Waals surface area contributed by atoms with Gasteiger partial charge in [0.2, 0.25) is 0 Å². The molecule has 0 saturated carbocycles. The Morgan fingerprint density at radius 3 is 2.57 bits per heavy atom. The summed E-state index contributed by atoms with van der Waals surface area (Å²) in [6, 6.07) is 22.3. The summed E-state index contributed by atoms with van der Waals surface area (Å²) in [7, 11) is 0. The lowest BCUT2D eigenvalue weighted by molar-refractivity contribution is 0.311. The first kappa shape index (κ1) is 19.2. The van der Waals surface area contributed by atoms with Gasteiger partial charge in [0.1, 0.15) is 5.82 Å². The third-order valence-corrected chi connectivity index (χ3v) is 6.39. The molecule has 3 aromatic rings. The second-order valence-electron chi connectivity index (χ2n) is 7.54. The van der Waals surface area contributed by atoms with E-state index in [0.29, 0.717) is 10.1 Å². The molecule has 3 nitrogen and oxygen atoms in total. The quantitative estimate of drug-likeness (QED) is 0.485. The van der Waals surface area contributed by atoms with E-state index in [1.807, 2.05) is 35.3 Å². The number of nitrogens with one attached hydrogen (secondary N) is 1. The van der Waals surface area contributed by atoms with Crippen molar-refractivity contribution in [3.8, 4) is 0 Å². The number of halogens is 2. The van der Waals surface area contributed by atoms with Crippen LogP contribution in [0.5, 0.6) is 0 Å². The molecule has 0 saturated heterocycles. The molecule has 1 N–H and O–H groups in total. The first-order chi connectivity index (χ1) is 14.6. The molecule has 5 rings (SSSR count). The van der Waals surface area contributed by atoms with Crippen LogP contribution in [0.2, 0.25) is 5.02 Å². The van der Waals surface area contributed by atoms with Gasteiger partial charge in [-0.15, -0.1) is 0 Å². The van der Waals surface area contributed by atoms with Crippen LogP contribution < -0.4 is 5.32 Å². The van der Waals surface area contributed by atoms with Gasteiger partial charge >= 0.3 is 0 Å². The fourth-order valence-electron chi connectivity index (χ4n) is 4.37. The Labute approximate surface area is 185 Å². The van der Waals surface area contributed by atoms with E-state index in [1.54, 1.807) is 12.1 Å². The van der Waals surface area contributed by atoms with Crippen molar-refractivity contribution in [1.82, 2.24) is 5.01 Å². The van der Waals surface area contributed by atoms with Gasteiger partial charge in [-0.1, -0.05) is 54.1 Å². The Bertz CT molecular complexity index is 1150. The third-order valence-electron chi connectivity index (χ3n) is 5.76. The molecule has 1 aliphatic heterocycles. The van der Waals surface area contributed by atoms with E-state index < -0.39 is 0 Å². The molecule has 3 aromatic carbocycles. The number of anilines is 1. The first-order valence-corrected chi connectivity index (χ1v) is 10.7. The Balaban J connectivity index is 1.55. The molecule has 2 atom stereocenters. The molecule has 0 bridgehead atoms. The highest BCUT2D eigenvalue weighted by Gasteiger charge is 2.43. The van der Waals surface area contributed by atoms with E-state index in [9.17, 15) is 4.39 Å². The van der Waals surface area contributed by atoms with E-state index in [-0.39, 0.29) is 17.8 Å². The lowest BCUT2D eigenvalue weighted by atomic mass is 9.77. The van der Waals surface area contributed by atoms with Crippen LogP contribution in [0.4, 0.5) is 10.1 Å². The molecule has 0 radical (unpaired) electrons. The normalized spacial score (nSPS) is 19.7. The maximum absolute atomic E-state index is 13.3. The van der Waals surface area contributed by atoms with Crippen LogP contribution in [0.15, 0.2) is 77.9 Å². The fourth-order valence-corrected chi connectivity index (χ4v) is 4.89. The number of fused-ring (bicyclic) bond motifs is 3. The standard InChI is InChI=1S/C24H19ClFN3S/c25-21-8-4-3-7-19(21)23-20-14-9-15-5-1-2-6-18(15)22(20)28-29(23)24(30)27-17-12-10-16(26)11-13-17/h1-8,10-13,20,23H,9,14H2,(H,27,30). The monoisotopic (exact) mass is 435 g/mol. The predicted molar refractivity (Wildman–Crippen MR) is 123 cm³/mol. The van der Waals surface area contributed by atoms with Crippen LogP contribution in [0.25, 0.3) is 0 Å². The van der Waals surface area contributed by atoms with Gasteiger partial charge in [-0.3, -0.25) is 0 Å². The Morgan fingerprint density at radius 1 is 1.03 bits per heavy atom. The zero-order valence-corrected chi connectivity index (χ0v) is 17.6. The molecule has 6 heteroatoms. The van der Waals surface area contributed by atoms with Crippen molar-refractivity contribution in [3.05, 3.63) is 100 Å². The highest BCUT2D eigenvalue weighted by Crippen LogP contribution is 2.45. The van der Waals surface area contributed by atoms with Crippen molar-refractivity contribution in [2.75, 3.05) is 5.32 Å². The molecular formula is C24H19ClFN3S. The fraction of sp³-hybridized carbons (Fsp3) is 0.167. The summed E-state index contributed by atoms with van der Waals surface area (Å²) in [4.78, 5) is 0. The van der Waals surface area contributed by atoms with E-state index in [4.69, 9.17) is 28.9 Å². The summed E-state index contributed by atoms with van der Waals surface area (Å²) < 4.78 is 13.3. The first-order valence-electron chi connectivity index (χ1n) is 9.89. The highest BCUT2D eigenvalue weighted by molar-refractivity contribution is 7.80. The number of hydrogen-bond donors (Lipinski definition) is 1. The van der Waals surface area contributed by atoms with E-state index in [2.05, 4.69) is 23.5 Å². The summed E-state index contributed by atoms with van der Waals surface area (Å²) in [5.41, 5.74) is 5.26. The minimum absolute atomic E-state index is 0.0949.